The molecule has 0 saturated carbocycles. The lowest BCUT2D eigenvalue weighted by atomic mass is 9.84. The van der Waals surface area contributed by atoms with Crippen LogP contribution < -0.4 is 0 Å². The van der Waals surface area contributed by atoms with Crippen LogP contribution in [0.3, 0.4) is 0 Å². The van der Waals surface area contributed by atoms with Crippen LogP contribution in [0, 0.1) is 11.8 Å². The quantitative estimate of drug-likeness (QED) is 0.849. The molecule has 1 aromatic carbocycles. The van der Waals surface area contributed by atoms with Crippen molar-refractivity contribution in [1.29, 1.82) is 0 Å². The average Bonchev–Trinajstić information content (AvgIpc) is 3.16. The molecule has 1 N–H and O–H groups in total. The molecule has 0 radical (unpaired) electrons. The average molecular weight is 357 g/mol. The molecule has 0 aromatic heterocycles. The van der Waals surface area contributed by atoms with E-state index in [-0.39, 0.29) is 23.8 Å². The molecule has 3 rings (SSSR count). The highest BCUT2D eigenvalue weighted by atomic mass is 16.5. The Morgan fingerprint density at radius 2 is 1.88 bits per heavy atom. The minimum atomic E-state index is -0.754. The first kappa shape index (κ1) is 18.6. The summed E-state index contributed by atoms with van der Waals surface area (Å²) in [5.41, 5.74) is 1.14. The van der Waals surface area contributed by atoms with Crippen molar-refractivity contribution in [2.75, 3.05) is 19.7 Å². The highest BCUT2D eigenvalue weighted by Gasteiger charge is 2.40. The number of ether oxygens (including phenoxy) is 1. The number of hydrogen-bond donors (Lipinski definition) is 1. The predicted octanol–water partition coefficient (Wildman–Crippen LogP) is 3.21. The summed E-state index contributed by atoms with van der Waals surface area (Å²) in [4.78, 5) is 25.6. The molecule has 1 aromatic rings. The summed E-state index contributed by atoms with van der Waals surface area (Å²) in [5, 5.41) is 9.31. The van der Waals surface area contributed by atoms with Gasteiger partial charge in [0.2, 0.25) is 5.91 Å². The van der Waals surface area contributed by atoms with Crippen LogP contribution in [0.5, 0.6) is 0 Å². The molecule has 0 aliphatic carbocycles. The molecule has 0 spiro atoms. The van der Waals surface area contributed by atoms with Gasteiger partial charge < -0.3 is 14.7 Å². The van der Waals surface area contributed by atoms with Gasteiger partial charge in [-0.1, -0.05) is 42.5 Å². The second-order valence-corrected chi connectivity index (χ2v) is 7.14. The fraction of sp³-hybridized carbons (Fsp3) is 0.524. The van der Waals surface area contributed by atoms with Gasteiger partial charge >= 0.3 is 5.97 Å². The Morgan fingerprint density at radius 3 is 2.58 bits per heavy atom. The number of hydrogen-bond acceptors (Lipinski definition) is 3. The summed E-state index contributed by atoms with van der Waals surface area (Å²) in [7, 11) is 0. The topological polar surface area (TPSA) is 66.8 Å². The van der Waals surface area contributed by atoms with Crippen LogP contribution in [0.25, 0.3) is 6.08 Å². The van der Waals surface area contributed by atoms with Crippen LogP contribution >= 0.6 is 0 Å². The van der Waals surface area contributed by atoms with Crippen LogP contribution in [0.15, 0.2) is 36.4 Å². The SMILES string of the molecule is O=C(O)C1CCO[C@H]1C1CCN(C(=O)CC/C=C/c2ccccc2)CC1. The zero-order chi connectivity index (χ0) is 18.4. The number of allylic oxidation sites excluding steroid dienone is 1. The first-order chi connectivity index (χ1) is 12.6. The third-order valence-electron chi connectivity index (χ3n) is 5.44. The lowest BCUT2D eigenvalue weighted by Gasteiger charge is -2.35. The van der Waals surface area contributed by atoms with Gasteiger partial charge in [-0.2, -0.15) is 0 Å². The van der Waals surface area contributed by atoms with E-state index in [0.717, 1.165) is 24.8 Å². The van der Waals surface area contributed by atoms with Gasteiger partial charge in [-0.3, -0.25) is 9.59 Å². The lowest BCUT2D eigenvalue weighted by molar-refractivity contribution is -0.146. The van der Waals surface area contributed by atoms with E-state index in [0.29, 0.717) is 32.5 Å². The van der Waals surface area contributed by atoms with Gasteiger partial charge in [0.15, 0.2) is 0 Å². The fourth-order valence-electron chi connectivity index (χ4n) is 3.97. The van der Waals surface area contributed by atoms with Crippen molar-refractivity contribution in [3.8, 4) is 0 Å². The molecule has 2 atom stereocenters. The number of carbonyl (C=O) groups excluding carboxylic acids is 1. The predicted molar refractivity (Wildman–Crippen MR) is 99.5 cm³/mol. The maximum atomic E-state index is 12.4. The monoisotopic (exact) mass is 357 g/mol. The highest BCUT2D eigenvalue weighted by Crippen LogP contribution is 2.33. The second kappa shape index (κ2) is 8.99. The number of nitrogens with zero attached hydrogens (tertiary/aromatic N) is 1. The van der Waals surface area contributed by atoms with Crippen LogP contribution in [0.4, 0.5) is 0 Å². The van der Waals surface area contributed by atoms with Crippen LogP contribution in [0.2, 0.25) is 0 Å². The maximum Gasteiger partial charge on any atom is 0.309 e. The summed E-state index contributed by atoms with van der Waals surface area (Å²) < 4.78 is 5.69. The Kier molecular flexibility index (Phi) is 6.45. The van der Waals surface area contributed by atoms with E-state index >= 15 is 0 Å². The summed E-state index contributed by atoms with van der Waals surface area (Å²) in [6.45, 7) is 1.95. The van der Waals surface area contributed by atoms with Gasteiger partial charge in [0, 0.05) is 26.1 Å². The molecule has 0 bridgehead atoms. The first-order valence-electron chi connectivity index (χ1n) is 9.49. The number of carboxylic acids is 1. The first-order valence-corrected chi connectivity index (χ1v) is 9.49. The Labute approximate surface area is 154 Å². The minimum Gasteiger partial charge on any atom is -0.481 e. The van der Waals surface area contributed by atoms with Gasteiger partial charge in [-0.25, -0.2) is 0 Å². The number of amides is 1. The Morgan fingerprint density at radius 1 is 1.15 bits per heavy atom. The van der Waals surface area contributed by atoms with Crippen molar-refractivity contribution >= 4 is 18.0 Å². The fourth-order valence-corrected chi connectivity index (χ4v) is 3.97. The van der Waals surface area contributed by atoms with E-state index in [1.807, 2.05) is 47.4 Å². The number of carbonyl (C=O) groups is 2. The van der Waals surface area contributed by atoms with Gasteiger partial charge in [0.05, 0.1) is 12.0 Å². The van der Waals surface area contributed by atoms with Crippen molar-refractivity contribution in [2.24, 2.45) is 11.8 Å². The zero-order valence-electron chi connectivity index (χ0n) is 15.0. The molecule has 2 aliphatic heterocycles. The van der Waals surface area contributed by atoms with E-state index in [1.165, 1.54) is 0 Å². The van der Waals surface area contributed by atoms with Gasteiger partial charge in [0.25, 0.3) is 0 Å². The minimum absolute atomic E-state index is 0.182. The number of aliphatic carboxylic acids is 1. The largest absolute Gasteiger partial charge is 0.481 e. The van der Waals surface area contributed by atoms with Crippen molar-refractivity contribution in [3.05, 3.63) is 42.0 Å². The molecule has 26 heavy (non-hydrogen) atoms. The summed E-state index contributed by atoms with van der Waals surface area (Å²) in [6.07, 6.45) is 7.44. The second-order valence-electron chi connectivity index (χ2n) is 7.14. The summed E-state index contributed by atoms with van der Waals surface area (Å²) >= 11 is 0. The molecule has 1 unspecified atom stereocenters. The van der Waals surface area contributed by atoms with Crippen molar-refractivity contribution < 1.29 is 19.4 Å². The summed E-state index contributed by atoms with van der Waals surface area (Å²) in [5.74, 6) is -0.703. The molecule has 5 nitrogen and oxygen atoms in total. The van der Waals surface area contributed by atoms with Crippen molar-refractivity contribution in [2.45, 2.75) is 38.2 Å². The molecular formula is C21H27NO4. The van der Waals surface area contributed by atoms with Gasteiger partial charge in [-0.05, 0) is 37.2 Å². The van der Waals surface area contributed by atoms with Crippen LogP contribution in [-0.4, -0.2) is 47.7 Å². The highest BCUT2D eigenvalue weighted by molar-refractivity contribution is 5.76. The smallest absolute Gasteiger partial charge is 0.309 e. The Balaban J connectivity index is 1.41. The Bertz CT molecular complexity index is 635. The van der Waals surface area contributed by atoms with E-state index < -0.39 is 5.97 Å². The number of piperidine rings is 1. The van der Waals surface area contributed by atoms with E-state index in [1.54, 1.807) is 0 Å². The van der Waals surface area contributed by atoms with E-state index in [2.05, 4.69) is 0 Å². The zero-order valence-corrected chi connectivity index (χ0v) is 15.0. The molecule has 1 amide bonds. The van der Waals surface area contributed by atoms with Gasteiger partial charge in [-0.15, -0.1) is 0 Å². The Hall–Kier alpha value is -2.14. The van der Waals surface area contributed by atoms with Crippen LogP contribution in [0.1, 0.15) is 37.7 Å². The molecule has 140 valence electrons. The van der Waals surface area contributed by atoms with Crippen molar-refractivity contribution in [1.82, 2.24) is 4.90 Å². The molecule has 2 heterocycles. The third-order valence-corrected chi connectivity index (χ3v) is 5.44. The van der Waals surface area contributed by atoms with Crippen molar-refractivity contribution in [3.63, 3.8) is 0 Å². The number of benzene rings is 1. The lowest BCUT2D eigenvalue weighted by Crippen LogP contribution is -2.43. The van der Waals surface area contributed by atoms with Gasteiger partial charge in [0.1, 0.15) is 0 Å². The number of rotatable bonds is 6. The molecule has 2 fully saturated rings. The van der Waals surface area contributed by atoms with Crippen LogP contribution in [-0.2, 0) is 14.3 Å². The molecule has 2 saturated heterocycles. The van der Waals surface area contributed by atoms with E-state index in [9.17, 15) is 14.7 Å². The van der Waals surface area contributed by atoms with E-state index in [4.69, 9.17) is 4.74 Å². The number of carboxylic acid groups (broad SMARTS) is 1. The normalized spacial score (nSPS) is 24.2. The standard InChI is InChI=1S/C21H27NO4/c23-19(9-5-4-8-16-6-2-1-3-7-16)22-13-10-17(11-14-22)20-18(21(24)25)12-15-26-20/h1-4,6-8,17-18,20H,5,9-15H2,(H,24,25)/b8-4+/t18?,20-/m0/s1. The number of likely N-dealkylation sites (tertiary alicyclic amines) is 1. The molecular weight excluding hydrogens is 330 g/mol. The maximum absolute atomic E-state index is 12.4. The molecule has 2 aliphatic rings. The molecule has 5 heteroatoms. The summed E-state index contributed by atoms with van der Waals surface area (Å²) in [6, 6.07) is 10.1. The third kappa shape index (κ3) is 4.73.